The topological polar surface area (TPSA) is 146 Å². The molecular formula is C35H35F7N8O4S. The normalized spacial score (nSPS) is 20.2. The molecule has 3 amide bonds. The first-order valence-corrected chi connectivity index (χ1v) is 18.3. The molecule has 2 aliphatic heterocycles. The van der Waals surface area contributed by atoms with Gasteiger partial charge in [0.1, 0.15) is 22.1 Å². The number of fused-ring (bicyclic) bond motifs is 1. The number of hydrogen-bond acceptors (Lipinski definition) is 9. The van der Waals surface area contributed by atoms with E-state index < -0.39 is 69.7 Å². The van der Waals surface area contributed by atoms with Gasteiger partial charge in [-0.25, -0.2) is 4.39 Å². The number of ether oxygens (including phenoxy) is 1. The van der Waals surface area contributed by atoms with Crippen LogP contribution in [0.5, 0.6) is 5.75 Å². The van der Waals surface area contributed by atoms with Crippen LogP contribution in [0.2, 0.25) is 0 Å². The van der Waals surface area contributed by atoms with Crippen molar-refractivity contribution in [1.29, 1.82) is 0 Å². The van der Waals surface area contributed by atoms with Gasteiger partial charge in [0.25, 0.3) is 11.8 Å². The van der Waals surface area contributed by atoms with E-state index in [2.05, 4.69) is 30.9 Å². The van der Waals surface area contributed by atoms with Crippen LogP contribution in [0.4, 0.5) is 30.7 Å². The second-order valence-electron chi connectivity index (χ2n) is 13.2. The zero-order valence-electron chi connectivity index (χ0n) is 29.2. The molecule has 0 aliphatic carbocycles. The Bertz CT molecular complexity index is 2010. The number of hydrogen-bond donors (Lipinski definition) is 2. The van der Waals surface area contributed by atoms with E-state index in [0.717, 1.165) is 34.7 Å². The van der Waals surface area contributed by atoms with Crippen molar-refractivity contribution in [3.05, 3.63) is 86.9 Å². The number of nitrogens with zero attached hydrogens (tertiary/aromatic N) is 6. The molecule has 6 rings (SSSR count). The van der Waals surface area contributed by atoms with E-state index in [0.29, 0.717) is 28.9 Å². The average molecular weight is 797 g/mol. The Hall–Kier alpha value is -5.14. The standard InChI is InChI=1S/C35H35F7N8O4S/c1-2-5-26-33(54-22-17-27(55-19-22)35(40,41)42,12-4-14-50(26)31(52)30-24(34(37,38)39)6-3-13-43-30)32(53)49-15-11-20-16-21(36)7-8-23(20)25(49)9-10-29(51)44-18-28-45-47-48-46-28/h3,6-8,13,16-17,19,25-26H,2,4-5,9-12,14-15,18H2,1H3,(H,44,51)(H,45,46,47,48)/t25?,26-,33-/m1/s1. The van der Waals surface area contributed by atoms with Crippen LogP contribution in [-0.2, 0) is 34.9 Å². The maximum atomic E-state index is 15.4. The number of halogens is 7. The fraction of sp³-hybridized carbons (Fsp3) is 0.457. The molecule has 20 heteroatoms. The van der Waals surface area contributed by atoms with Crippen LogP contribution in [-0.4, -0.2) is 77.9 Å². The molecular weight excluding hydrogens is 761 g/mol. The minimum atomic E-state index is -4.95. The summed E-state index contributed by atoms with van der Waals surface area (Å²) in [4.78, 5) is 47.8. The molecule has 1 unspecified atom stereocenters. The summed E-state index contributed by atoms with van der Waals surface area (Å²) in [5, 5.41) is 17.0. The van der Waals surface area contributed by atoms with Crippen molar-refractivity contribution < 1.29 is 49.9 Å². The van der Waals surface area contributed by atoms with Gasteiger partial charge in [-0.1, -0.05) is 24.6 Å². The van der Waals surface area contributed by atoms with Gasteiger partial charge in [-0.2, -0.15) is 31.6 Å². The first-order chi connectivity index (χ1) is 26.1. The fourth-order valence-electron chi connectivity index (χ4n) is 7.34. The average Bonchev–Trinajstić information content (AvgIpc) is 3.85. The number of carbonyl (C=O) groups is 3. The number of amides is 3. The highest BCUT2D eigenvalue weighted by Gasteiger charge is 2.57. The van der Waals surface area contributed by atoms with E-state index in [1.807, 2.05) is 0 Å². The number of H-pyrrole nitrogens is 1. The van der Waals surface area contributed by atoms with E-state index in [4.69, 9.17) is 4.74 Å². The van der Waals surface area contributed by atoms with Gasteiger partial charge in [0, 0.05) is 43.6 Å². The summed E-state index contributed by atoms with van der Waals surface area (Å²) in [6.45, 7) is 1.55. The number of benzene rings is 1. The number of alkyl halides is 6. The van der Waals surface area contributed by atoms with E-state index in [-0.39, 0.29) is 69.7 Å². The lowest BCUT2D eigenvalue weighted by molar-refractivity contribution is -0.163. The molecule has 2 N–H and O–H groups in total. The Morgan fingerprint density at radius 2 is 1.85 bits per heavy atom. The second-order valence-corrected chi connectivity index (χ2v) is 14.1. The molecule has 2 aliphatic rings. The Labute approximate surface area is 313 Å². The largest absolute Gasteiger partial charge is 0.474 e. The lowest BCUT2D eigenvalue weighted by Crippen LogP contribution is -2.68. The first kappa shape index (κ1) is 39.6. The Morgan fingerprint density at radius 1 is 1.05 bits per heavy atom. The smallest absolute Gasteiger partial charge is 0.425 e. The van der Waals surface area contributed by atoms with Crippen molar-refractivity contribution in [1.82, 2.24) is 40.7 Å². The lowest BCUT2D eigenvalue weighted by Gasteiger charge is -2.51. The number of aromatic nitrogens is 5. The van der Waals surface area contributed by atoms with E-state index in [1.165, 1.54) is 23.1 Å². The Balaban J connectivity index is 1.41. The molecule has 1 fully saturated rings. The van der Waals surface area contributed by atoms with Crippen LogP contribution in [0.3, 0.4) is 0 Å². The highest BCUT2D eigenvalue weighted by atomic mass is 32.1. The Kier molecular flexibility index (Phi) is 11.4. The second kappa shape index (κ2) is 15.9. The molecule has 5 heterocycles. The van der Waals surface area contributed by atoms with E-state index in [1.54, 1.807) is 6.92 Å². The minimum Gasteiger partial charge on any atom is -0.474 e. The van der Waals surface area contributed by atoms with Gasteiger partial charge in [-0.05, 0) is 61.1 Å². The molecule has 1 aromatic carbocycles. The van der Waals surface area contributed by atoms with Gasteiger partial charge < -0.3 is 19.9 Å². The molecule has 12 nitrogen and oxygen atoms in total. The molecule has 55 heavy (non-hydrogen) atoms. The van der Waals surface area contributed by atoms with Gasteiger partial charge in [0.15, 0.2) is 5.82 Å². The SMILES string of the molecule is CCC[C@H]1N(C(=O)c2ncccc2C(F)(F)F)CCC[C@]1(Oc1csc(C(F)(F)F)c1)C(=O)N1CCc2cc(F)ccc2C1CCC(=O)NCc1nn[nH]n1. The summed E-state index contributed by atoms with van der Waals surface area (Å²) in [7, 11) is 0. The molecule has 1 saturated heterocycles. The van der Waals surface area contributed by atoms with Crippen LogP contribution in [0.25, 0.3) is 0 Å². The molecule has 0 radical (unpaired) electrons. The predicted molar refractivity (Wildman–Crippen MR) is 181 cm³/mol. The number of tetrazole rings is 1. The molecule has 0 bridgehead atoms. The van der Waals surface area contributed by atoms with Crippen molar-refractivity contribution >= 4 is 29.1 Å². The third-order valence-corrected chi connectivity index (χ3v) is 10.7. The quantitative estimate of drug-likeness (QED) is 0.169. The monoisotopic (exact) mass is 796 g/mol. The molecule has 0 spiro atoms. The van der Waals surface area contributed by atoms with Crippen molar-refractivity contribution in [3.63, 3.8) is 0 Å². The number of piperidine rings is 1. The molecule has 3 atom stereocenters. The number of thiophene rings is 1. The maximum Gasteiger partial charge on any atom is 0.425 e. The van der Waals surface area contributed by atoms with Crippen molar-refractivity contribution in [2.24, 2.45) is 0 Å². The van der Waals surface area contributed by atoms with Gasteiger partial charge in [-0.3, -0.25) is 19.4 Å². The van der Waals surface area contributed by atoms with Gasteiger partial charge in [0.2, 0.25) is 11.5 Å². The number of pyridine rings is 1. The fourth-order valence-corrected chi connectivity index (χ4v) is 8.02. The van der Waals surface area contributed by atoms with E-state index in [9.17, 15) is 40.3 Å². The van der Waals surface area contributed by atoms with Crippen molar-refractivity contribution in [2.45, 2.75) is 88.5 Å². The van der Waals surface area contributed by atoms with E-state index >= 15 is 4.79 Å². The summed E-state index contributed by atoms with van der Waals surface area (Å²) in [5.41, 5.74) is -3.19. The summed E-state index contributed by atoms with van der Waals surface area (Å²) in [6, 6.07) is 4.38. The van der Waals surface area contributed by atoms with Gasteiger partial charge >= 0.3 is 12.4 Å². The number of carbonyl (C=O) groups excluding carboxylic acids is 3. The van der Waals surface area contributed by atoms with Crippen LogP contribution in [0.15, 0.2) is 48.0 Å². The highest BCUT2D eigenvalue weighted by Crippen LogP contribution is 2.45. The van der Waals surface area contributed by atoms with Gasteiger partial charge in [0.05, 0.1) is 24.2 Å². The third-order valence-electron chi connectivity index (χ3n) is 9.72. The zero-order chi connectivity index (χ0) is 39.5. The number of aromatic amines is 1. The minimum absolute atomic E-state index is 0.0131. The van der Waals surface area contributed by atoms with Crippen molar-refractivity contribution in [3.8, 4) is 5.75 Å². The molecule has 294 valence electrons. The number of likely N-dealkylation sites (tertiary alicyclic amines) is 1. The maximum absolute atomic E-state index is 15.4. The van der Waals surface area contributed by atoms with Crippen LogP contribution < -0.4 is 10.1 Å². The molecule has 4 aromatic rings. The molecule has 3 aromatic heterocycles. The first-order valence-electron chi connectivity index (χ1n) is 17.4. The highest BCUT2D eigenvalue weighted by molar-refractivity contribution is 7.10. The Morgan fingerprint density at radius 3 is 2.55 bits per heavy atom. The predicted octanol–water partition coefficient (Wildman–Crippen LogP) is 6.28. The summed E-state index contributed by atoms with van der Waals surface area (Å²) < 4.78 is 105. The van der Waals surface area contributed by atoms with Crippen LogP contribution in [0.1, 0.15) is 89.4 Å². The zero-order valence-corrected chi connectivity index (χ0v) is 30.0. The summed E-state index contributed by atoms with van der Waals surface area (Å²) >= 11 is 0.337. The molecule has 0 saturated carbocycles. The summed E-state index contributed by atoms with van der Waals surface area (Å²) in [5.74, 6) is -2.92. The number of nitrogens with one attached hydrogen (secondary N) is 2. The summed E-state index contributed by atoms with van der Waals surface area (Å²) in [6.07, 6.45) is -8.39. The lowest BCUT2D eigenvalue weighted by atomic mass is 9.78. The van der Waals surface area contributed by atoms with Gasteiger partial charge in [-0.15, -0.1) is 21.5 Å². The van der Waals surface area contributed by atoms with Crippen LogP contribution >= 0.6 is 11.3 Å². The van der Waals surface area contributed by atoms with Crippen LogP contribution in [0, 0.1) is 5.82 Å². The third kappa shape index (κ3) is 8.42. The van der Waals surface area contributed by atoms with Crippen molar-refractivity contribution in [2.75, 3.05) is 13.1 Å². The number of rotatable bonds is 11.